The van der Waals surface area contributed by atoms with E-state index >= 15 is 0 Å². The van der Waals surface area contributed by atoms with E-state index in [4.69, 9.17) is 17.3 Å². The summed E-state index contributed by atoms with van der Waals surface area (Å²) in [4.78, 5) is 8.55. The minimum Gasteiger partial charge on any atom is -0.353 e. The molecule has 0 saturated heterocycles. The number of hydrogen-bond acceptors (Lipinski definition) is 4. The SMILES string of the molecule is NCCNc1nccc(Cc2cccc(Cl)c2)n1. The molecule has 1 aromatic heterocycles. The van der Waals surface area contributed by atoms with E-state index in [1.54, 1.807) is 6.20 Å². The van der Waals surface area contributed by atoms with Gasteiger partial charge in [0.15, 0.2) is 0 Å². The van der Waals surface area contributed by atoms with Gasteiger partial charge in [-0.1, -0.05) is 23.7 Å². The Morgan fingerprint density at radius 3 is 2.94 bits per heavy atom. The van der Waals surface area contributed by atoms with E-state index in [1.165, 1.54) is 0 Å². The van der Waals surface area contributed by atoms with Crippen molar-refractivity contribution in [2.45, 2.75) is 6.42 Å². The fourth-order valence-corrected chi connectivity index (χ4v) is 1.83. The van der Waals surface area contributed by atoms with Crippen LogP contribution in [0.5, 0.6) is 0 Å². The third kappa shape index (κ3) is 3.68. The summed E-state index contributed by atoms with van der Waals surface area (Å²) in [6, 6.07) is 9.66. The van der Waals surface area contributed by atoms with Gasteiger partial charge in [0.05, 0.1) is 5.69 Å². The monoisotopic (exact) mass is 262 g/mol. The number of halogens is 1. The van der Waals surface area contributed by atoms with Crippen LogP contribution in [0.4, 0.5) is 5.95 Å². The van der Waals surface area contributed by atoms with Crippen LogP contribution >= 0.6 is 11.6 Å². The highest BCUT2D eigenvalue weighted by molar-refractivity contribution is 6.30. The summed E-state index contributed by atoms with van der Waals surface area (Å²) < 4.78 is 0. The van der Waals surface area contributed by atoms with Gasteiger partial charge in [0, 0.05) is 30.7 Å². The molecule has 0 radical (unpaired) electrons. The van der Waals surface area contributed by atoms with Gasteiger partial charge in [0.1, 0.15) is 0 Å². The van der Waals surface area contributed by atoms with Crippen molar-refractivity contribution >= 4 is 17.5 Å². The summed E-state index contributed by atoms with van der Waals surface area (Å²) in [5.41, 5.74) is 7.50. The highest BCUT2D eigenvalue weighted by atomic mass is 35.5. The Hall–Kier alpha value is -1.65. The van der Waals surface area contributed by atoms with Crippen LogP contribution in [0.1, 0.15) is 11.3 Å². The summed E-state index contributed by atoms with van der Waals surface area (Å²) in [5, 5.41) is 3.80. The smallest absolute Gasteiger partial charge is 0.222 e. The molecular weight excluding hydrogens is 248 g/mol. The number of rotatable bonds is 5. The Morgan fingerprint density at radius 2 is 2.17 bits per heavy atom. The molecule has 0 aliphatic carbocycles. The fourth-order valence-electron chi connectivity index (χ4n) is 1.62. The molecule has 3 N–H and O–H groups in total. The topological polar surface area (TPSA) is 63.8 Å². The Labute approximate surface area is 111 Å². The van der Waals surface area contributed by atoms with Crippen molar-refractivity contribution in [3.8, 4) is 0 Å². The molecule has 0 aliphatic heterocycles. The van der Waals surface area contributed by atoms with Crippen LogP contribution in [0.25, 0.3) is 0 Å². The third-order valence-corrected chi connectivity index (χ3v) is 2.65. The quantitative estimate of drug-likeness (QED) is 0.866. The summed E-state index contributed by atoms with van der Waals surface area (Å²) in [5.74, 6) is 0.611. The molecule has 5 heteroatoms. The highest BCUT2D eigenvalue weighted by Crippen LogP contribution is 2.14. The van der Waals surface area contributed by atoms with Crippen LogP contribution in [-0.4, -0.2) is 23.1 Å². The second kappa shape index (κ2) is 6.33. The van der Waals surface area contributed by atoms with Crippen molar-refractivity contribution in [1.82, 2.24) is 9.97 Å². The zero-order valence-corrected chi connectivity index (χ0v) is 10.7. The van der Waals surface area contributed by atoms with E-state index in [0.29, 0.717) is 19.0 Å². The van der Waals surface area contributed by atoms with E-state index in [-0.39, 0.29) is 0 Å². The third-order valence-electron chi connectivity index (χ3n) is 2.41. The fraction of sp³-hybridized carbons (Fsp3) is 0.231. The zero-order valence-electron chi connectivity index (χ0n) is 9.94. The number of anilines is 1. The average molecular weight is 263 g/mol. The molecule has 0 amide bonds. The van der Waals surface area contributed by atoms with Gasteiger partial charge >= 0.3 is 0 Å². The predicted molar refractivity (Wildman–Crippen MR) is 73.8 cm³/mol. The van der Waals surface area contributed by atoms with Gasteiger partial charge in [-0.05, 0) is 23.8 Å². The maximum absolute atomic E-state index is 5.95. The van der Waals surface area contributed by atoms with Crippen LogP contribution in [0, 0.1) is 0 Å². The van der Waals surface area contributed by atoms with Crippen LogP contribution in [0.3, 0.4) is 0 Å². The number of nitrogens with zero attached hydrogens (tertiary/aromatic N) is 2. The van der Waals surface area contributed by atoms with Crippen molar-refractivity contribution in [3.05, 3.63) is 52.8 Å². The van der Waals surface area contributed by atoms with E-state index in [2.05, 4.69) is 15.3 Å². The summed E-state index contributed by atoms with van der Waals surface area (Å²) >= 11 is 5.95. The maximum Gasteiger partial charge on any atom is 0.222 e. The Balaban J connectivity index is 2.09. The molecule has 0 fully saturated rings. The number of hydrogen-bond donors (Lipinski definition) is 2. The molecule has 0 saturated carbocycles. The molecule has 0 unspecified atom stereocenters. The molecule has 0 spiro atoms. The molecule has 0 aliphatic rings. The van der Waals surface area contributed by atoms with Crippen molar-refractivity contribution in [2.75, 3.05) is 18.4 Å². The molecule has 4 nitrogen and oxygen atoms in total. The molecule has 18 heavy (non-hydrogen) atoms. The van der Waals surface area contributed by atoms with Crippen LogP contribution in [0.2, 0.25) is 5.02 Å². The van der Waals surface area contributed by atoms with Gasteiger partial charge in [-0.2, -0.15) is 0 Å². The minimum absolute atomic E-state index is 0.557. The molecule has 94 valence electrons. The van der Waals surface area contributed by atoms with Crippen LogP contribution in [0.15, 0.2) is 36.5 Å². The normalized spacial score (nSPS) is 10.3. The number of benzene rings is 1. The summed E-state index contributed by atoms with van der Waals surface area (Å²) in [7, 11) is 0. The minimum atomic E-state index is 0.557. The van der Waals surface area contributed by atoms with Gasteiger partial charge in [-0.25, -0.2) is 9.97 Å². The van der Waals surface area contributed by atoms with Crippen molar-refractivity contribution < 1.29 is 0 Å². The largest absolute Gasteiger partial charge is 0.353 e. The standard InChI is InChI=1S/C13H15ClN4/c14-11-3-1-2-10(8-11)9-12-4-6-16-13(18-12)17-7-5-15/h1-4,6,8H,5,7,9,15H2,(H,16,17,18). The first-order valence-electron chi connectivity index (χ1n) is 5.78. The second-order valence-corrected chi connectivity index (χ2v) is 4.33. The molecule has 2 aromatic rings. The molecular formula is C13H15ClN4. The lowest BCUT2D eigenvalue weighted by Crippen LogP contribution is -2.15. The number of nitrogens with one attached hydrogen (secondary N) is 1. The van der Waals surface area contributed by atoms with Gasteiger partial charge in [0.25, 0.3) is 0 Å². The molecule has 0 atom stereocenters. The van der Waals surface area contributed by atoms with Gasteiger partial charge in [-0.3, -0.25) is 0 Å². The van der Waals surface area contributed by atoms with E-state index in [9.17, 15) is 0 Å². The molecule has 0 bridgehead atoms. The van der Waals surface area contributed by atoms with Crippen LogP contribution in [-0.2, 0) is 6.42 Å². The van der Waals surface area contributed by atoms with Crippen molar-refractivity contribution in [1.29, 1.82) is 0 Å². The second-order valence-electron chi connectivity index (χ2n) is 3.89. The van der Waals surface area contributed by atoms with Gasteiger partial charge in [0.2, 0.25) is 5.95 Å². The Morgan fingerprint density at radius 1 is 1.28 bits per heavy atom. The van der Waals surface area contributed by atoms with Gasteiger partial charge in [-0.15, -0.1) is 0 Å². The first-order chi connectivity index (χ1) is 8.78. The summed E-state index contributed by atoms with van der Waals surface area (Å²) in [6.45, 7) is 1.22. The molecule has 1 aromatic carbocycles. The van der Waals surface area contributed by atoms with E-state index < -0.39 is 0 Å². The summed E-state index contributed by atoms with van der Waals surface area (Å²) in [6.07, 6.45) is 2.48. The lowest BCUT2D eigenvalue weighted by molar-refractivity contribution is 0.964. The Bertz CT molecular complexity index is 516. The van der Waals surface area contributed by atoms with E-state index in [0.717, 1.165) is 22.7 Å². The average Bonchev–Trinajstić information content (AvgIpc) is 2.37. The molecule has 1 heterocycles. The predicted octanol–water partition coefficient (Wildman–Crippen LogP) is 2.09. The first-order valence-corrected chi connectivity index (χ1v) is 6.16. The Kier molecular flexibility index (Phi) is 4.50. The van der Waals surface area contributed by atoms with Gasteiger partial charge < -0.3 is 11.1 Å². The lowest BCUT2D eigenvalue weighted by Gasteiger charge is -2.05. The number of nitrogens with two attached hydrogens (primary N) is 1. The molecule has 2 rings (SSSR count). The maximum atomic E-state index is 5.95. The number of aromatic nitrogens is 2. The first kappa shape index (κ1) is 12.8. The highest BCUT2D eigenvalue weighted by Gasteiger charge is 2.01. The van der Waals surface area contributed by atoms with Crippen molar-refractivity contribution in [2.24, 2.45) is 5.73 Å². The van der Waals surface area contributed by atoms with E-state index in [1.807, 2.05) is 30.3 Å². The van der Waals surface area contributed by atoms with Crippen molar-refractivity contribution in [3.63, 3.8) is 0 Å². The lowest BCUT2D eigenvalue weighted by atomic mass is 10.1. The van der Waals surface area contributed by atoms with Crippen LogP contribution < -0.4 is 11.1 Å². The zero-order chi connectivity index (χ0) is 12.8.